The molecule has 2 aromatic carbocycles. The minimum atomic E-state index is -0.873. The summed E-state index contributed by atoms with van der Waals surface area (Å²) in [4.78, 5) is 27.7. The molecule has 6 nitrogen and oxygen atoms in total. The van der Waals surface area contributed by atoms with E-state index < -0.39 is 18.2 Å². The van der Waals surface area contributed by atoms with Crippen LogP contribution in [0.4, 0.5) is 4.79 Å². The molecule has 0 spiro atoms. The molecule has 0 radical (unpaired) electrons. The number of carbonyl (C=O) groups is 2. The molecule has 3 N–H and O–H groups in total. The summed E-state index contributed by atoms with van der Waals surface area (Å²) in [5.74, 6) is -0.511. The Bertz CT molecular complexity index is 632. The van der Waals surface area contributed by atoms with E-state index in [1.807, 2.05) is 30.3 Å². The highest BCUT2D eigenvalue weighted by Gasteiger charge is 2.15. The largest absolute Gasteiger partial charge is 0.445 e. The van der Waals surface area contributed by atoms with E-state index in [9.17, 15) is 9.59 Å². The molecule has 0 aromatic heterocycles. The lowest BCUT2D eigenvalue weighted by atomic mass is 10.1. The number of nitrogens with one attached hydrogen (secondary N) is 1. The van der Waals surface area contributed by atoms with Gasteiger partial charge in [-0.3, -0.25) is 0 Å². The number of rotatable bonds is 7. The number of hydroxylamine groups is 1. The predicted molar refractivity (Wildman–Crippen MR) is 84.5 cm³/mol. The van der Waals surface area contributed by atoms with Gasteiger partial charge in [0.15, 0.2) is 0 Å². The van der Waals surface area contributed by atoms with E-state index in [0.717, 1.165) is 5.56 Å². The molecule has 2 aromatic rings. The van der Waals surface area contributed by atoms with E-state index in [-0.39, 0.29) is 6.54 Å². The zero-order chi connectivity index (χ0) is 16.5. The Morgan fingerprint density at radius 3 is 2.22 bits per heavy atom. The molecular weight excluding hydrogens is 296 g/mol. The molecule has 0 aliphatic carbocycles. The summed E-state index contributed by atoms with van der Waals surface area (Å²) in [5, 5.41) is 0. The Morgan fingerprint density at radius 1 is 1.00 bits per heavy atom. The second-order valence-electron chi connectivity index (χ2n) is 4.85. The van der Waals surface area contributed by atoms with Gasteiger partial charge in [-0.25, -0.2) is 9.59 Å². The van der Waals surface area contributed by atoms with Crippen LogP contribution >= 0.6 is 0 Å². The Balaban J connectivity index is 1.86. The first-order chi connectivity index (χ1) is 11.1. The summed E-state index contributed by atoms with van der Waals surface area (Å²) in [7, 11) is 0. The number of hydrogen-bond acceptors (Lipinski definition) is 5. The normalized spacial score (nSPS) is 11.5. The van der Waals surface area contributed by atoms with E-state index in [2.05, 4.69) is 5.48 Å². The van der Waals surface area contributed by atoms with Crippen molar-refractivity contribution in [2.45, 2.75) is 12.5 Å². The van der Waals surface area contributed by atoms with Gasteiger partial charge in [0.05, 0.1) is 12.1 Å². The monoisotopic (exact) mass is 314 g/mol. The topological polar surface area (TPSA) is 90.7 Å². The molecule has 0 saturated heterocycles. The van der Waals surface area contributed by atoms with Crippen LogP contribution in [0.3, 0.4) is 0 Å². The zero-order valence-corrected chi connectivity index (χ0v) is 12.5. The maximum Gasteiger partial charge on any atom is 0.404 e. The molecule has 1 amide bonds. The van der Waals surface area contributed by atoms with Crippen molar-refractivity contribution >= 4 is 12.1 Å². The third-order valence-corrected chi connectivity index (χ3v) is 3.07. The van der Waals surface area contributed by atoms with Crippen molar-refractivity contribution in [3.63, 3.8) is 0 Å². The minimum absolute atomic E-state index is 0.135. The number of benzene rings is 2. The van der Waals surface area contributed by atoms with Crippen molar-refractivity contribution in [3.05, 3.63) is 71.8 Å². The fourth-order valence-corrected chi connectivity index (χ4v) is 2.03. The van der Waals surface area contributed by atoms with Gasteiger partial charge in [0, 0.05) is 6.42 Å². The molecule has 0 fully saturated rings. The standard InChI is InChI=1S/C17H18N2O4/c18-17(21)22-15(11-13-7-3-1-4-8-13)12-19-23-16(20)14-9-5-2-6-10-14/h1-10,15,19H,11-12H2,(H2,18,21). The van der Waals surface area contributed by atoms with Gasteiger partial charge in [-0.2, -0.15) is 0 Å². The first-order valence-corrected chi connectivity index (χ1v) is 7.14. The molecule has 0 aliphatic heterocycles. The van der Waals surface area contributed by atoms with Gasteiger partial charge < -0.3 is 15.3 Å². The number of primary amides is 1. The predicted octanol–water partition coefficient (Wildman–Crippen LogP) is 2.05. The summed E-state index contributed by atoms with van der Waals surface area (Å²) in [6, 6.07) is 18.1. The van der Waals surface area contributed by atoms with Gasteiger partial charge >= 0.3 is 12.1 Å². The molecular formula is C17H18N2O4. The van der Waals surface area contributed by atoms with E-state index in [1.54, 1.807) is 30.3 Å². The molecule has 6 heteroatoms. The molecule has 2 rings (SSSR count). The average Bonchev–Trinajstić information content (AvgIpc) is 2.56. The smallest absolute Gasteiger partial charge is 0.404 e. The van der Waals surface area contributed by atoms with Crippen LogP contribution in [-0.4, -0.2) is 24.7 Å². The summed E-state index contributed by atoms with van der Waals surface area (Å²) >= 11 is 0. The van der Waals surface area contributed by atoms with E-state index in [1.165, 1.54) is 0 Å². The van der Waals surface area contributed by atoms with Gasteiger partial charge in [0.2, 0.25) is 0 Å². The molecule has 0 aliphatic rings. The van der Waals surface area contributed by atoms with Gasteiger partial charge in [0.25, 0.3) is 0 Å². The van der Waals surface area contributed by atoms with Crippen LogP contribution in [0, 0.1) is 0 Å². The van der Waals surface area contributed by atoms with Gasteiger partial charge in [0.1, 0.15) is 6.10 Å². The molecule has 1 atom stereocenters. The van der Waals surface area contributed by atoms with Crippen LogP contribution in [0.1, 0.15) is 15.9 Å². The molecule has 23 heavy (non-hydrogen) atoms. The van der Waals surface area contributed by atoms with Gasteiger partial charge in [-0.15, -0.1) is 5.48 Å². The van der Waals surface area contributed by atoms with Crippen LogP contribution in [-0.2, 0) is 16.0 Å². The van der Waals surface area contributed by atoms with Crippen molar-refractivity contribution in [2.24, 2.45) is 5.73 Å². The van der Waals surface area contributed by atoms with Crippen molar-refractivity contribution in [2.75, 3.05) is 6.54 Å². The van der Waals surface area contributed by atoms with Gasteiger partial charge in [-0.1, -0.05) is 48.5 Å². The lowest BCUT2D eigenvalue weighted by Gasteiger charge is -2.17. The highest BCUT2D eigenvalue weighted by atomic mass is 16.7. The number of hydrogen-bond donors (Lipinski definition) is 2. The summed E-state index contributed by atoms with van der Waals surface area (Å²) in [6.07, 6.45) is -0.958. The number of carbonyl (C=O) groups excluding carboxylic acids is 2. The Hall–Kier alpha value is -2.86. The second-order valence-corrected chi connectivity index (χ2v) is 4.85. The van der Waals surface area contributed by atoms with Crippen molar-refractivity contribution < 1.29 is 19.2 Å². The summed E-state index contributed by atoms with van der Waals surface area (Å²) < 4.78 is 5.03. The summed E-state index contributed by atoms with van der Waals surface area (Å²) in [5.41, 5.74) is 9.01. The Kier molecular flexibility index (Phi) is 6.14. The van der Waals surface area contributed by atoms with Crippen LogP contribution in [0.5, 0.6) is 0 Å². The molecule has 0 saturated carbocycles. The third-order valence-electron chi connectivity index (χ3n) is 3.07. The van der Waals surface area contributed by atoms with Crippen molar-refractivity contribution in [1.82, 2.24) is 5.48 Å². The summed E-state index contributed by atoms with van der Waals surface area (Å²) in [6.45, 7) is 0.135. The van der Waals surface area contributed by atoms with Crippen LogP contribution in [0.2, 0.25) is 0 Å². The number of ether oxygens (including phenoxy) is 1. The fourth-order valence-electron chi connectivity index (χ4n) is 2.03. The SMILES string of the molecule is NC(=O)OC(CNOC(=O)c1ccccc1)Cc1ccccc1. The fraction of sp³-hybridized carbons (Fsp3) is 0.176. The Labute approximate surface area is 134 Å². The van der Waals surface area contributed by atoms with Gasteiger partial charge in [-0.05, 0) is 17.7 Å². The van der Waals surface area contributed by atoms with Crippen LogP contribution < -0.4 is 11.2 Å². The third kappa shape index (κ3) is 5.80. The quantitative estimate of drug-likeness (QED) is 0.763. The highest BCUT2D eigenvalue weighted by Crippen LogP contribution is 2.06. The molecule has 0 heterocycles. The average molecular weight is 314 g/mol. The van der Waals surface area contributed by atoms with Crippen molar-refractivity contribution in [3.8, 4) is 0 Å². The first-order valence-electron chi connectivity index (χ1n) is 7.14. The highest BCUT2D eigenvalue weighted by molar-refractivity contribution is 5.89. The first kappa shape index (κ1) is 16.5. The van der Waals surface area contributed by atoms with Crippen LogP contribution in [0.25, 0.3) is 0 Å². The lowest BCUT2D eigenvalue weighted by Crippen LogP contribution is -2.35. The zero-order valence-electron chi connectivity index (χ0n) is 12.5. The van der Waals surface area contributed by atoms with E-state index >= 15 is 0 Å². The molecule has 1 unspecified atom stereocenters. The number of amides is 1. The Morgan fingerprint density at radius 2 is 1.61 bits per heavy atom. The second kappa shape index (κ2) is 8.55. The maximum absolute atomic E-state index is 11.8. The van der Waals surface area contributed by atoms with Crippen LogP contribution in [0.15, 0.2) is 60.7 Å². The van der Waals surface area contributed by atoms with E-state index in [4.69, 9.17) is 15.3 Å². The maximum atomic E-state index is 11.8. The number of nitrogens with two attached hydrogens (primary N) is 1. The van der Waals surface area contributed by atoms with E-state index in [0.29, 0.717) is 12.0 Å². The molecule has 120 valence electrons. The lowest BCUT2D eigenvalue weighted by molar-refractivity contribution is 0.0125. The molecule has 0 bridgehead atoms. The minimum Gasteiger partial charge on any atom is -0.445 e. The van der Waals surface area contributed by atoms with Crippen molar-refractivity contribution in [1.29, 1.82) is 0 Å².